The molecule has 0 aliphatic heterocycles. The van der Waals surface area contributed by atoms with Crippen molar-refractivity contribution in [3.05, 3.63) is 126 Å². The van der Waals surface area contributed by atoms with Gasteiger partial charge in [-0.05, 0) is 60.4 Å². The fourth-order valence-electron chi connectivity index (χ4n) is 5.72. The lowest BCUT2D eigenvalue weighted by molar-refractivity contribution is -0.140. The summed E-state index contributed by atoms with van der Waals surface area (Å²) in [4.78, 5) is 30.0. The van der Waals surface area contributed by atoms with Crippen molar-refractivity contribution in [3.63, 3.8) is 0 Å². The molecule has 5 rings (SSSR count). The molecular weight excluding hydrogens is 605 g/mol. The molecule has 0 saturated heterocycles. The van der Waals surface area contributed by atoms with E-state index in [-0.39, 0.29) is 35.5 Å². The zero-order valence-electron chi connectivity index (χ0n) is 25.7. The minimum Gasteiger partial charge on any atom is -0.497 e. The first-order valence-electron chi connectivity index (χ1n) is 15.3. The molecule has 1 atom stereocenters. The lowest BCUT2D eigenvalue weighted by Gasteiger charge is -2.34. The van der Waals surface area contributed by atoms with Crippen LogP contribution in [0.4, 0.5) is 10.1 Å². The van der Waals surface area contributed by atoms with E-state index in [9.17, 15) is 22.4 Å². The van der Waals surface area contributed by atoms with Crippen molar-refractivity contribution >= 4 is 27.5 Å². The van der Waals surface area contributed by atoms with E-state index >= 15 is 0 Å². The highest BCUT2D eigenvalue weighted by molar-refractivity contribution is 7.92. The zero-order valence-corrected chi connectivity index (χ0v) is 26.5. The Morgan fingerprint density at radius 1 is 0.870 bits per heavy atom. The molecule has 1 aliphatic carbocycles. The number of carbonyl (C=O) groups is 2. The Kier molecular flexibility index (Phi) is 10.7. The Balaban J connectivity index is 1.56. The first kappa shape index (κ1) is 32.7. The Labute approximate surface area is 269 Å². The molecule has 1 saturated carbocycles. The van der Waals surface area contributed by atoms with E-state index in [1.54, 1.807) is 54.6 Å². The molecule has 0 spiro atoms. The van der Waals surface area contributed by atoms with Gasteiger partial charge in [0, 0.05) is 25.1 Å². The standard InChI is InChI=1S/C36H38FN3O5S/c1-45-32-16-10-15-31(24-32)40(46(43,44)33-17-6-3-7-18-33)26-35(41)39(25-28-19-21-29(37)22-20-28)34(23-27-11-4-2-5-12-27)36(42)38-30-13-8-9-14-30/h2-7,10-12,15-22,24,30,34H,8-9,13-14,23,25-26H2,1H3,(H,38,42). The number of hydrogen-bond donors (Lipinski definition) is 1. The number of amides is 2. The fraction of sp³-hybridized carbons (Fsp3) is 0.278. The van der Waals surface area contributed by atoms with Gasteiger partial charge in [0.2, 0.25) is 11.8 Å². The maximum atomic E-state index is 14.5. The van der Waals surface area contributed by atoms with Gasteiger partial charge in [0.1, 0.15) is 24.2 Å². The lowest BCUT2D eigenvalue weighted by Crippen LogP contribution is -2.54. The SMILES string of the molecule is COc1cccc(N(CC(=O)N(Cc2ccc(F)cc2)C(Cc2ccccc2)C(=O)NC2CCCC2)S(=O)(=O)c2ccccc2)c1. The van der Waals surface area contributed by atoms with Crippen LogP contribution in [-0.4, -0.2) is 50.9 Å². The van der Waals surface area contributed by atoms with Crippen LogP contribution in [0.2, 0.25) is 0 Å². The van der Waals surface area contributed by atoms with Crippen molar-refractivity contribution in [3.8, 4) is 5.75 Å². The number of nitrogens with one attached hydrogen (secondary N) is 1. The normalized spacial score (nSPS) is 14.0. The predicted molar refractivity (Wildman–Crippen MR) is 175 cm³/mol. The Hall–Kier alpha value is -4.70. The number of nitrogens with zero attached hydrogens (tertiary/aromatic N) is 2. The molecule has 4 aromatic rings. The first-order valence-corrected chi connectivity index (χ1v) is 16.8. The maximum Gasteiger partial charge on any atom is 0.264 e. The number of hydrogen-bond acceptors (Lipinski definition) is 5. The number of carbonyl (C=O) groups excluding carboxylic acids is 2. The van der Waals surface area contributed by atoms with Crippen LogP contribution in [-0.2, 0) is 32.6 Å². The van der Waals surface area contributed by atoms with Gasteiger partial charge in [-0.25, -0.2) is 12.8 Å². The maximum absolute atomic E-state index is 14.5. The van der Waals surface area contributed by atoms with Crippen LogP contribution in [0.5, 0.6) is 5.75 Å². The molecule has 1 aliphatic rings. The van der Waals surface area contributed by atoms with Crippen LogP contribution in [0, 0.1) is 5.82 Å². The van der Waals surface area contributed by atoms with Crippen molar-refractivity contribution in [1.82, 2.24) is 10.2 Å². The van der Waals surface area contributed by atoms with Crippen molar-refractivity contribution < 1.29 is 27.1 Å². The number of ether oxygens (including phenoxy) is 1. The summed E-state index contributed by atoms with van der Waals surface area (Å²) in [6, 6.07) is 28.5. The molecular formula is C36H38FN3O5S. The average molecular weight is 644 g/mol. The minimum absolute atomic E-state index is 0.000266. The number of rotatable bonds is 13. The third-order valence-corrected chi connectivity index (χ3v) is 9.98. The topological polar surface area (TPSA) is 96.0 Å². The third kappa shape index (κ3) is 8.11. The highest BCUT2D eigenvalue weighted by atomic mass is 32.2. The van der Waals surface area contributed by atoms with Gasteiger partial charge in [0.25, 0.3) is 10.0 Å². The Morgan fingerprint density at radius 3 is 2.17 bits per heavy atom. The molecule has 8 nitrogen and oxygen atoms in total. The summed E-state index contributed by atoms with van der Waals surface area (Å²) in [6.45, 7) is -0.625. The minimum atomic E-state index is -4.23. The van der Waals surface area contributed by atoms with Gasteiger partial charge < -0.3 is 15.0 Å². The van der Waals surface area contributed by atoms with E-state index in [0.717, 1.165) is 35.6 Å². The number of halogens is 1. The van der Waals surface area contributed by atoms with Crippen molar-refractivity contribution in [2.45, 2.75) is 55.6 Å². The Morgan fingerprint density at radius 2 is 1.52 bits per heavy atom. The highest BCUT2D eigenvalue weighted by Crippen LogP contribution is 2.28. The molecule has 240 valence electrons. The predicted octanol–water partition coefficient (Wildman–Crippen LogP) is 5.73. The van der Waals surface area contributed by atoms with Crippen LogP contribution in [0.25, 0.3) is 0 Å². The van der Waals surface area contributed by atoms with Gasteiger partial charge in [-0.1, -0.05) is 79.6 Å². The smallest absolute Gasteiger partial charge is 0.264 e. The van der Waals surface area contributed by atoms with Crippen molar-refractivity contribution in [2.24, 2.45) is 0 Å². The van der Waals surface area contributed by atoms with Gasteiger partial charge in [0.05, 0.1) is 17.7 Å². The molecule has 4 aromatic carbocycles. The molecule has 1 N–H and O–H groups in total. The summed E-state index contributed by atoms with van der Waals surface area (Å²) in [6.07, 6.45) is 3.94. The molecule has 1 unspecified atom stereocenters. The van der Waals surface area contributed by atoms with Gasteiger partial charge >= 0.3 is 0 Å². The molecule has 1 fully saturated rings. The Bertz CT molecular complexity index is 1710. The second-order valence-electron chi connectivity index (χ2n) is 11.4. The second-order valence-corrected chi connectivity index (χ2v) is 13.2. The summed E-state index contributed by atoms with van der Waals surface area (Å²) in [5.74, 6) is -0.918. The third-order valence-electron chi connectivity index (χ3n) is 8.19. The average Bonchev–Trinajstić information content (AvgIpc) is 3.59. The first-order chi connectivity index (χ1) is 22.2. The van der Waals surface area contributed by atoms with Crippen LogP contribution in [0.1, 0.15) is 36.8 Å². The van der Waals surface area contributed by atoms with Crippen LogP contribution in [0.15, 0.2) is 114 Å². The summed E-state index contributed by atoms with van der Waals surface area (Å²) in [5.41, 5.74) is 1.67. The lowest BCUT2D eigenvalue weighted by atomic mass is 10.0. The molecule has 0 aromatic heterocycles. The quantitative estimate of drug-likeness (QED) is 0.201. The van der Waals surface area contributed by atoms with Gasteiger partial charge in [-0.15, -0.1) is 0 Å². The summed E-state index contributed by atoms with van der Waals surface area (Å²) < 4.78 is 48.5. The van der Waals surface area contributed by atoms with E-state index in [2.05, 4.69) is 5.32 Å². The fourth-order valence-corrected chi connectivity index (χ4v) is 7.15. The van der Waals surface area contributed by atoms with Crippen LogP contribution >= 0.6 is 0 Å². The molecule has 0 radical (unpaired) electrons. The van der Waals surface area contributed by atoms with E-state index < -0.39 is 34.3 Å². The summed E-state index contributed by atoms with van der Waals surface area (Å²) in [7, 11) is -2.76. The van der Waals surface area contributed by atoms with E-state index in [4.69, 9.17) is 4.74 Å². The van der Waals surface area contributed by atoms with Crippen molar-refractivity contribution in [1.29, 1.82) is 0 Å². The monoisotopic (exact) mass is 643 g/mol. The number of anilines is 1. The van der Waals surface area contributed by atoms with E-state index in [1.165, 1.54) is 36.3 Å². The van der Waals surface area contributed by atoms with Crippen LogP contribution in [0.3, 0.4) is 0 Å². The van der Waals surface area contributed by atoms with Crippen LogP contribution < -0.4 is 14.4 Å². The molecule has 46 heavy (non-hydrogen) atoms. The number of methoxy groups -OCH3 is 1. The molecule has 0 heterocycles. The van der Waals surface area contributed by atoms with Gasteiger partial charge in [-0.2, -0.15) is 0 Å². The number of benzene rings is 4. The summed E-state index contributed by atoms with van der Waals surface area (Å²) in [5, 5.41) is 3.14. The van der Waals surface area contributed by atoms with E-state index in [0.29, 0.717) is 11.3 Å². The van der Waals surface area contributed by atoms with Gasteiger partial charge in [0.15, 0.2) is 0 Å². The highest BCUT2D eigenvalue weighted by Gasteiger charge is 2.35. The zero-order chi connectivity index (χ0) is 32.5. The largest absolute Gasteiger partial charge is 0.497 e. The van der Waals surface area contributed by atoms with Crippen molar-refractivity contribution in [2.75, 3.05) is 18.0 Å². The summed E-state index contributed by atoms with van der Waals surface area (Å²) >= 11 is 0. The molecule has 10 heteroatoms. The van der Waals surface area contributed by atoms with E-state index in [1.807, 2.05) is 30.3 Å². The molecule has 2 amide bonds. The second kappa shape index (κ2) is 15.1. The van der Waals surface area contributed by atoms with Gasteiger partial charge in [-0.3, -0.25) is 13.9 Å². The molecule has 0 bridgehead atoms. The number of sulfonamides is 1.